The number of carbonyl (C=O) groups is 1. The number of thiocarbonyl (C=S) groups is 1. The van der Waals surface area contributed by atoms with Gasteiger partial charge in [0.15, 0.2) is 10.9 Å². The van der Waals surface area contributed by atoms with Crippen LogP contribution in [0.5, 0.6) is 5.75 Å². The highest BCUT2D eigenvalue weighted by Gasteiger charge is 2.36. The molecule has 1 aliphatic heterocycles. The molecule has 3 aromatic rings. The quantitative estimate of drug-likeness (QED) is 0.420. The molecule has 166 valence electrons. The number of hydrogen-bond acceptors (Lipinski definition) is 5. The van der Waals surface area contributed by atoms with E-state index in [9.17, 15) is 4.79 Å². The van der Waals surface area contributed by atoms with E-state index in [0.717, 1.165) is 11.3 Å². The predicted octanol–water partition coefficient (Wildman–Crippen LogP) is 4.34. The normalized spacial score (nSPS) is 15.6. The van der Waals surface area contributed by atoms with Gasteiger partial charge in [-0.05, 0) is 44.3 Å². The molecule has 0 saturated heterocycles. The summed E-state index contributed by atoms with van der Waals surface area (Å²) in [6.07, 6.45) is 5.39. The monoisotopic (exact) mass is 458 g/mol. The molecule has 0 aliphatic carbocycles. The van der Waals surface area contributed by atoms with Crippen molar-refractivity contribution in [3.8, 4) is 18.1 Å². The molecule has 2 aromatic carbocycles. The van der Waals surface area contributed by atoms with E-state index in [2.05, 4.69) is 21.7 Å². The zero-order chi connectivity index (χ0) is 23.4. The number of nitrogens with one attached hydrogen (secondary N) is 2. The van der Waals surface area contributed by atoms with Crippen LogP contribution in [0.15, 0.2) is 76.5 Å². The number of terminal acetylenes is 1. The molecule has 4 rings (SSSR count). The second-order valence-electron chi connectivity index (χ2n) is 7.36. The summed E-state index contributed by atoms with van der Waals surface area (Å²) in [5.41, 5.74) is 2.72. The van der Waals surface area contributed by atoms with Gasteiger partial charge in [-0.2, -0.15) is 0 Å². The lowest BCUT2D eigenvalue weighted by atomic mass is 9.93. The predicted molar refractivity (Wildman–Crippen MR) is 131 cm³/mol. The summed E-state index contributed by atoms with van der Waals surface area (Å²) in [6.45, 7) is 3.72. The molecule has 0 unspecified atom stereocenters. The first-order valence-corrected chi connectivity index (χ1v) is 10.7. The summed E-state index contributed by atoms with van der Waals surface area (Å²) >= 11 is 5.72. The highest BCUT2D eigenvalue weighted by molar-refractivity contribution is 7.80. The number of benzene rings is 2. The Morgan fingerprint density at radius 2 is 1.97 bits per heavy atom. The van der Waals surface area contributed by atoms with Gasteiger partial charge in [0.05, 0.1) is 11.6 Å². The Kier molecular flexibility index (Phi) is 6.43. The lowest BCUT2D eigenvalue weighted by Crippen LogP contribution is -2.48. The van der Waals surface area contributed by atoms with Gasteiger partial charge in [0.2, 0.25) is 0 Å². The maximum Gasteiger partial charge on any atom is 0.257 e. The topological polar surface area (TPSA) is 79.6 Å². The van der Waals surface area contributed by atoms with Crippen molar-refractivity contribution in [1.82, 2.24) is 10.5 Å². The molecule has 0 spiro atoms. The van der Waals surface area contributed by atoms with Gasteiger partial charge >= 0.3 is 0 Å². The number of allylic oxidation sites excluding steroid dienone is 1. The summed E-state index contributed by atoms with van der Waals surface area (Å²) in [5.74, 6) is 3.62. The Bertz CT molecular complexity index is 1260. The summed E-state index contributed by atoms with van der Waals surface area (Å²) in [5, 5.41) is 10.5. The number of carbonyl (C=O) groups excluding carboxylic acids is 1. The molecule has 1 aliphatic rings. The molecule has 1 atom stereocenters. The minimum Gasteiger partial charge on any atom is -0.481 e. The average molecular weight is 459 g/mol. The highest BCUT2D eigenvalue weighted by Crippen LogP contribution is 2.37. The smallest absolute Gasteiger partial charge is 0.257 e. The number of anilines is 2. The van der Waals surface area contributed by atoms with E-state index in [1.807, 2.05) is 66.4 Å². The largest absolute Gasteiger partial charge is 0.481 e. The number of hydrogen-bond donors (Lipinski definition) is 2. The van der Waals surface area contributed by atoms with Crippen LogP contribution in [0.25, 0.3) is 0 Å². The van der Waals surface area contributed by atoms with Crippen molar-refractivity contribution in [1.29, 1.82) is 0 Å². The second-order valence-corrected chi connectivity index (χ2v) is 7.75. The standard InChI is InChI=1S/C25H22N4O3S/c1-4-14-31-20-13-9-8-12-19(20)23-22(24(30)26-21-15-16(2)32-28-21)17(3)29(25(33)27-23)18-10-6-5-7-11-18/h1,5-13,15,23H,14H2,2-3H3,(H,27,33)(H,26,28,30)/t23-/m0/s1. The van der Waals surface area contributed by atoms with E-state index in [-0.39, 0.29) is 12.5 Å². The maximum absolute atomic E-state index is 13.5. The van der Waals surface area contributed by atoms with E-state index >= 15 is 0 Å². The molecule has 1 aromatic heterocycles. The lowest BCUT2D eigenvalue weighted by molar-refractivity contribution is -0.113. The number of ether oxygens (including phenoxy) is 1. The molecule has 8 heteroatoms. The lowest BCUT2D eigenvalue weighted by Gasteiger charge is -2.38. The van der Waals surface area contributed by atoms with E-state index in [0.29, 0.717) is 33.7 Å². The third kappa shape index (κ3) is 4.59. The van der Waals surface area contributed by atoms with Crippen molar-refractivity contribution >= 4 is 34.7 Å². The van der Waals surface area contributed by atoms with Crippen molar-refractivity contribution in [3.63, 3.8) is 0 Å². The van der Waals surface area contributed by atoms with Crippen molar-refractivity contribution < 1.29 is 14.1 Å². The Labute approximate surface area is 197 Å². The van der Waals surface area contributed by atoms with Crippen molar-refractivity contribution in [2.24, 2.45) is 0 Å². The van der Waals surface area contributed by atoms with Gasteiger partial charge in [0, 0.05) is 23.0 Å². The summed E-state index contributed by atoms with van der Waals surface area (Å²) in [6, 6.07) is 18.1. The zero-order valence-corrected chi connectivity index (χ0v) is 19.0. The second kappa shape index (κ2) is 9.59. The van der Waals surface area contributed by atoms with Crippen LogP contribution in [0, 0.1) is 19.3 Å². The molecule has 0 bridgehead atoms. The van der Waals surface area contributed by atoms with Crippen LogP contribution in [-0.4, -0.2) is 22.8 Å². The van der Waals surface area contributed by atoms with Crippen LogP contribution >= 0.6 is 12.2 Å². The van der Waals surface area contributed by atoms with Gasteiger partial charge < -0.3 is 19.9 Å². The Morgan fingerprint density at radius 1 is 1.24 bits per heavy atom. The van der Waals surface area contributed by atoms with Gasteiger partial charge in [0.25, 0.3) is 5.91 Å². The summed E-state index contributed by atoms with van der Waals surface area (Å²) < 4.78 is 10.9. The van der Waals surface area contributed by atoms with Gasteiger partial charge in [-0.15, -0.1) is 6.42 Å². The first-order valence-electron chi connectivity index (χ1n) is 10.3. The third-order valence-corrected chi connectivity index (χ3v) is 5.45. The Hall–Kier alpha value is -4.09. The van der Waals surface area contributed by atoms with Crippen LogP contribution in [0.2, 0.25) is 0 Å². The zero-order valence-electron chi connectivity index (χ0n) is 18.2. The van der Waals surface area contributed by atoms with Crippen LogP contribution in [0.4, 0.5) is 11.5 Å². The molecule has 0 saturated carbocycles. The summed E-state index contributed by atoms with van der Waals surface area (Å²) in [7, 11) is 0. The van der Waals surface area contributed by atoms with E-state index in [4.69, 9.17) is 27.9 Å². The fourth-order valence-corrected chi connectivity index (χ4v) is 4.10. The van der Waals surface area contributed by atoms with E-state index < -0.39 is 6.04 Å². The molecule has 2 heterocycles. The van der Waals surface area contributed by atoms with Crippen LogP contribution in [-0.2, 0) is 4.79 Å². The number of amides is 1. The third-order valence-electron chi connectivity index (χ3n) is 5.15. The number of nitrogens with zero attached hydrogens (tertiary/aromatic N) is 2. The minimum atomic E-state index is -0.570. The number of para-hydroxylation sites is 2. The van der Waals surface area contributed by atoms with E-state index in [1.54, 1.807) is 13.0 Å². The highest BCUT2D eigenvalue weighted by atomic mass is 32.1. The van der Waals surface area contributed by atoms with Crippen LogP contribution in [0.1, 0.15) is 24.3 Å². The molecule has 2 N–H and O–H groups in total. The molecular weight excluding hydrogens is 436 g/mol. The van der Waals surface area contributed by atoms with Gasteiger partial charge in [-0.25, -0.2) is 0 Å². The number of aryl methyl sites for hydroxylation is 1. The maximum atomic E-state index is 13.5. The van der Waals surface area contributed by atoms with Crippen molar-refractivity contribution in [3.05, 3.63) is 83.3 Å². The van der Waals surface area contributed by atoms with Crippen LogP contribution in [0.3, 0.4) is 0 Å². The molecule has 0 radical (unpaired) electrons. The fraction of sp³-hybridized carbons (Fsp3) is 0.160. The minimum absolute atomic E-state index is 0.104. The molecular formula is C25H22N4O3S. The Morgan fingerprint density at radius 3 is 2.67 bits per heavy atom. The molecule has 0 fully saturated rings. The van der Waals surface area contributed by atoms with Gasteiger partial charge in [-0.1, -0.05) is 47.5 Å². The average Bonchev–Trinajstić information content (AvgIpc) is 3.22. The molecule has 33 heavy (non-hydrogen) atoms. The van der Waals surface area contributed by atoms with Crippen LogP contribution < -0.4 is 20.3 Å². The van der Waals surface area contributed by atoms with Gasteiger partial charge in [-0.3, -0.25) is 9.69 Å². The first kappa shape index (κ1) is 22.1. The Balaban J connectivity index is 1.82. The van der Waals surface area contributed by atoms with Crippen molar-refractivity contribution in [2.45, 2.75) is 19.9 Å². The van der Waals surface area contributed by atoms with Gasteiger partial charge in [0.1, 0.15) is 18.1 Å². The molecule has 1 amide bonds. The van der Waals surface area contributed by atoms with E-state index in [1.165, 1.54) is 0 Å². The fourth-order valence-electron chi connectivity index (χ4n) is 3.74. The number of rotatable bonds is 6. The number of aromatic nitrogens is 1. The summed E-state index contributed by atoms with van der Waals surface area (Å²) in [4.78, 5) is 15.4. The van der Waals surface area contributed by atoms with Crippen molar-refractivity contribution in [2.75, 3.05) is 16.8 Å². The first-order chi connectivity index (χ1) is 16.0. The SMILES string of the molecule is C#CCOc1ccccc1[C@@H]1NC(=S)N(c2ccccc2)C(C)=C1C(=O)Nc1cc(C)on1. The molecule has 7 nitrogen and oxygen atoms in total.